The van der Waals surface area contributed by atoms with Gasteiger partial charge in [0.1, 0.15) is 11.4 Å². The first-order valence-electron chi connectivity index (χ1n) is 8.41. The lowest BCUT2D eigenvalue weighted by molar-refractivity contribution is 0.906. The minimum atomic E-state index is 0.356. The van der Waals surface area contributed by atoms with E-state index in [1.165, 1.54) is 0 Å². The predicted octanol–water partition coefficient (Wildman–Crippen LogP) is 4.68. The van der Waals surface area contributed by atoms with Crippen LogP contribution in [0.1, 0.15) is 5.56 Å². The summed E-state index contributed by atoms with van der Waals surface area (Å²) >= 11 is 0. The normalized spacial score (nSPS) is 11.1. The second-order valence-electron chi connectivity index (χ2n) is 5.87. The molecule has 0 unspecified atom stereocenters. The number of benzene rings is 3. The third-order valence-corrected chi connectivity index (χ3v) is 4.10. The Morgan fingerprint density at radius 1 is 0.731 bits per heavy atom. The number of nitrogen functional groups attached to an aromatic ring is 1. The zero-order chi connectivity index (χ0) is 17.8. The summed E-state index contributed by atoms with van der Waals surface area (Å²) in [6.45, 7) is 0. The van der Waals surface area contributed by atoms with Gasteiger partial charge in [-0.1, -0.05) is 91.0 Å². The van der Waals surface area contributed by atoms with E-state index in [9.17, 15) is 0 Å². The summed E-state index contributed by atoms with van der Waals surface area (Å²) in [6, 6.07) is 30.0. The molecule has 4 heteroatoms. The highest BCUT2D eigenvalue weighted by atomic mass is 15.4. The zero-order valence-corrected chi connectivity index (χ0v) is 14.2. The monoisotopic (exact) mass is 338 g/mol. The van der Waals surface area contributed by atoms with Crippen molar-refractivity contribution < 1.29 is 0 Å². The molecule has 3 aromatic carbocycles. The Morgan fingerprint density at radius 3 is 1.88 bits per heavy atom. The van der Waals surface area contributed by atoms with Crippen LogP contribution in [0.4, 0.5) is 5.95 Å². The molecule has 0 atom stereocenters. The molecule has 4 aromatic rings. The van der Waals surface area contributed by atoms with Crippen LogP contribution in [0.3, 0.4) is 0 Å². The molecule has 126 valence electrons. The van der Waals surface area contributed by atoms with E-state index in [0.29, 0.717) is 5.95 Å². The van der Waals surface area contributed by atoms with Crippen LogP contribution in [0.2, 0.25) is 0 Å². The fourth-order valence-electron chi connectivity index (χ4n) is 2.86. The summed E-state index contributed by atoms with van der Waals surface area (Å²) in [5.41, 5.74) is 10.9. The van der Waals surface area contributed by atoms with Gasteiger partial charge in [-0.15, -0.1) is 0 Å². The van der Waals surface area contributed by atoms with Crippen LogP contribution in [0.25, 0.3) is 22.5 Å². The molecule has 1 heterocycles. The number of nitrogens with two attached hydrogens (primary N) is 1. The molecule has 0 aliphatic rings. The summed E-state index contributed by atoms with van der Waals surface area (Å²) in [5, 5.41) is 4.60. The van der Waals surface area contributed by atoms with E-state index >= 15 is 0 Å². The molecule has 0 aliphatic carbocycles. The Morgan fingerprint density at radius 2 is 1.27 bits per heavy atom. The van der Waals surface area contributed by atoms with Gasteiger partial charge >= 0.3 is 0 Å². The Kier molecular flexibility index (Phi) is 4.31. The fourth-order valence-corrected chi connectivity index (χ4v) is 2.86. The number of anilines is 1. The fraction of sp³-hybridized carbons (Fsp3) is 0. The van der Waals surface area contributed by atoms with Gasteiger partial charge in [0.2, 0.25) is 5.95 Å². The third kappa shape index (κ3) is 3.13. The second-order valence-corrected chi connectivity index (χ2v) is 5.87. The molecule has 0 spiro atoms. The van der Waals surface area contributed by atoms with Gasteiger partial charge in [-0.3, -0.25) is 0 Å². The summed E-state index contributed by atoms with van der Waals surface area (Å²) in [4.78, 5) is 4.60. The number of aromatic nitrogens is 2. The Hall–Kier alpha value is -3.66. The molecule has 4 rings (SSSR count). The van der Waals surface area contributed by atoms with E-state index in [1.807, 2.05) is 91.0 Å². The van der Waals surface area contributed by atoms with Gasteiger partial charge in [0.25, 0.3) is 0 Å². The molecule has 0 saturated carbocycles. The summed E-state index contributed by atoms with van der Waals surface area (Å²) in [6.07, 6.45) is 1.79. The minimum Gasteiger partial charge on any atom is -0.368 e. The minimum absolute atomic E-state index is 0.356. The van der Waals surface area contributed by atoms with Gasteiger partial charge in [-0.05, 0) is 5.56 Å². The molecule has 0 fully saturated rings. The van der Waals surface area contributed by atoms with E-state index in [-0.39, 0.29) is 0 Å². The van der Waals surface area contributed by atoms with Crippen LogP contribution in [-0.2, 0) is 0 Å². The van der Waals surface area contributed by atoms with Crippen molar-refractivity contribution >= 4 is 12.2 Å². The molecular formula is C22H18N4. The topological polar surface area (TPSA) is 56.2 Å². The molecule has 0 bridgehead atoms. The first-order chi connectivity index (χ1) is 12.8. The second kappa shape index (κ2) is 7.07. The molecule has 1 aromatic heterocycles. The Bertz CT molecular complexity index is 1020. The molecule has 26 heavy (non-hydrogen) atoms. The average molecular weight is 338 g/mol. The Balaban J connectivity index is 1.89. The molecule has 4 nitrogen and oxygen atoms in total. The van der Waals surface area contributed by atoms with E-state index in [4.69, 9.17) is 5.73 Å². The number of hydrogen-bond donors (Lipinski definition) is 1. The van der Waals surface area contributed by atoms with Crippen molar-refractivity contribution in [3.8, 4) is 22.5 Å². The van der Waals surface area contributed by atoms with Crippen LogP contribution in [0.15, 0.2) is 96.1 Å². The lowest BCUT2D eigenvalue weighted by Crippen LogP contribution is -2.00. The van der Waals surface area contributed by atoms with Crippen molar-refractivity contribution in [2.24, 2.45) is 5.10 Å². The van der Waals surface area contributed by atoms with E-state index in [2.05, 4.69) is 10.1 Å². The van der Waals surface area contributed by atoms with Crippen molar-refractivity contribution in [1.29, 1.82) is 0 Å². The van der Waals surface area contributed by atoms with E-state index in [1.54, 1.807) is 10.9 Å². The van der Waals surface area contributed by atoms with E-state index in [0.717, 1.165) is 28.1 Å². The van der Waals surface area contributed by atoms with Gasteiger partial charge in [-0.2, -0.15) is 9.78 Å². The third-order valence-electron chi connectivity index (χ3n) is 4.10. The highest BCUT2D eigenvalue weighted by Crippen LogP contribution is 2.33. The van der Waals surface area contributed by atoms with Crippen molar-refractivity contribution in [2.45, 2.75) is 0 Å². The Labute approximate surface area is 152 Å². The average Bonchev–Trinajstić information content (AvgIpc) is 3.05. The van der Waals surface area contributed by atoms with Crippen LogP contribution < -0.4 is 5.73 Å². The first-order valence-corrected chi connectivity index (χ1v) is 8.41. The zero-order valence-electron chi connectivity index (χ0n) is 14.2. The predicted molar refractivity (Wildman–Crippen MR) is 107 cm³/mol. The maximum atomic E-state index is 6.22. The molecule has 0 saturated heterocycles. The highest BCUT2D eigenvalue weighted by Gasteiger charge is 2.18. The first kappa shape index (κ1) is 15.8. The van der Waals surface area contributed by atoms with Gasteiger partial charge in [-0.25, -0.2) is 4.98 Å². The molecule has 0 radical (unpaired) electrons. The molecule has 2 N–H and O–H groups in total. The maximum absolute atomic E-state index is 6.22. The van der Waals surface area contributed by atoms with Crippen LogP contribution in [0.5, 0.6) is 0 Å². The smallest absolute Gasteiger partial charge is 0.222 e. The molecular weight excluding hydrogens is 320 g/mol. The summed E-state index contributed by atoms with van der Waals surface area (Å²) in [7, 11) is 0. The van der Waals surface area contributed by atoms with Crippen molar-refractivity contribution in [3.63, 3.8) is 0 Å². The molecule has 0 aliphatic heterocycles. The van der Waals surface area contributed by atoms with Crippen molar-refractivity contribution in [1.82, 2.24) is 9.66 Å². The summed E-state index contributed by atoms with van der Waals surface area (Å²) < 4.78 is 1.70. The summed E-state index contributed by atoms with van der Waals surface area (Å²) in [5.74, 6) is 0.356. The van der Waals surface area contributed by atoms with Crippen LogP contribution in [-0.4, -0.2) is 15.9 Å². The van der Waals surface area contributed by atoms with Crippen LogP contribution in [0, 0.1) is 0 Å². The largest absolute Gasteiger partial charge is 0.368 e. The SMILES string of the molecule is Nc1nc(-c2ccccc2)c(-c2ccccc2)n1/N=C/c1ccccc1. The number of rotatable bonds is 4. The van der Waals surface area contributed by atoms with E-state index < -0.39 is 0 Å². The standard InChI is InChI=1S/C22H18N4/c23-22-25-20(18-12-6-2-7-13-18)21(19-14-8-3-9-15-19)26(22)24-16-17-10-4-1-5-11-17/h1-16H,(H2,23,25)/b24-16+. The maximum Gasteiger partial charge on any atom is 0.222 e. The molecule has 0 amide bonds. The van der Waals surface area contributed by atoms with Crippen molar-refractivity contribution in [3.05, 3.63) is 96.6 Å². The van der Waals surface area contributed by atoms with Crippen molar-refractivity contribution in [2.75, 3.05) is 5.73 Å². The van der Waals surface area contributed by atoms with Crippen LogP contribution >= 0.6 is 0 Å². The quantitative estimate of drug-likeness (QED) is 0.549. The number of nitrogens with zero attached hydrogens (tertiary/aromatic N) is 3. The number of hydrogen-bond acceptors (Lipinski definition) is 3. The van der Waals surface area contributed by atoms with Gasteiger partial charge in [0.15, 0.2) is 0 Å². The van der Waals surface area contributed by atoms with Gasteiger partial charge < -0.3 is 5.73 Å². The van der Waals surface area contributed by atoms with Gasteiger partial charge in [0.05, 0.1) is 6.21 Å². The van der Waals surface area contributed by atoms with Gasteiger partial charge in [0, 0.05) is 11.1 Å². The lowest BCUT2D eigenvalue weighted by atomic mass is 10.1. The number of imidazole rings is 1. The lowest BCUT2D eigenvalue weighted by Gasteiger charge is -2.07. The highest BCUT2D eigenvalue weighted by molar-refractivity contribution is 5.83.